The molecule has 0 unspecified atom stereocenters. The number of halogens is 1. The van der Waals surface area contributed by atoms with Crippen molar-refractivity contribution in [3.05, 3.63) is 29.8 Å². The Kier molecular flexibility index (Phi) is 8.42. The number of anilines is 1. The molecule has 0 aliphatic heterocycles. The maximum atomic E-state index is 11.7. The highest BCUT2D eigenvalue weighted by atomic mass is 35.5. The van der Waals surface area contributed by atoms with E-state index in [4.69, 9.17) is 0 Å². The SMILES string of the molecule is CCCCc1ccc(N(C)C(=O)CNC)cc1.Cl. The van der Waals surface area contributed by atoms with Crippen molar-refractivity contribution in [2.24, 2.45) is 0 Å². The third kappa shape index (κ3) is 5.07. The molecular weight excluding hydrogens is 248 g/mol. The van der Waals surface area contributed by atoms with Crippen LogP contribution in [0.25, 0.3) is 0 Å². The van der Waals surface area contributed by atoms with Crippen LogP contribution in [0.1, 0.15) is 25.3 Å². The monoisotopic (exact) mass is 270 g/mol. The van der Waals surface area contributed by atoms with Crippen molar-refractivity contribution in [2.75, 3.05) is 25.5 Å². The predicted molar refractivity (Wildman–Crippen MR) is 79.6 cm³/mol. The molecule has 18 heavy (non-hydrogen) atoms. The number of likely N-dealkylation sites (N-methyl/N-ethyl adjacent to an activating group) is 2. The Bertz CT molecular complexity index is 351. The quantitative estimate of drug-likeness (QED) is 0.862. The van der Waals surface area contributed by atoms with Gasteiger partial charge in [-0.15, -0.1) is 12.4 Å². The highest BCUT2D eigenvalue weighted by molar-refractivity contribution is 5.94. The molecule has 4 heteroatoms. The summed E-state index contributed by atoms with van der Waals surface area (Å²) >= 11 is 0. The molecule has 102 valence electrons. The summed E-state index contributed by atoms with van der Waals surface area (Å²) in [6.45, 7) is 2.56. The summed E-state index contributed by atoms with van der Waals surface area (Å²) < 4.78 is 0. The van der Waals surface area contributed by atoms with Gasteiger partial charge in [-0.05, 0) is 37.6 Å². The van der Waals surface area contributed by atoms with Crippen LogP contribution in [-0.4, -0.2) is 26.5 Å². The molecule has 0 aliphatic rings. The lowest BCUT2D eigenvalue weighted by Crippen LogP contribution is -2.34. The first kappa shape index (κ1) is 16.9. The van der Waals surface area contributed by atoms with Crippen molar-refractivity contribution in [2.45, 2.75) is 26.2 Å². The summed E-state index contributed by atoms with van der Waals surface area (Å²) in [7, 11) is 3.58. The maximum Gasteiger partial charge on any atom is 0.240 e. The smallest absolute Gasteiger partial charge is 0.240 e. The molecule has 0 saturated carbocycles. The molecule has 0 heterocycles. The molecule has 1 aromatic carbocycles. The molecule has 1 amide bonds. The first-order valence-corrected chi connectivity index (χ1v) is 6.19. The molecule has 3 nitrogen and oxygen atoms in total. The molecule has 1 aromatic rings. The van der Waals surface area contributed by atoms with Crippen molar-refractivity contribution in [3.63, 3.8) is 0 Å². The topological polar surface area (TPSA) is 32.3 Å². The van der Waals surface area contributed by atoms with E-state index in [2.05, 4.69) is 24.4 Å². The molecule has 0 saturated heterocycles. The average Bonchev–Trinajstić information content (AvgIpc) is 2.36. The van der Waals surface area contributed by atoms with E-state index in [0.717, 1.165) is 12.1 Å². The number of carbonyl (C=O) groups excluding carboxylic acids is 1. The fourth-order valence-electron chi connectivity index (χ4n) is 1.68. The lowest BCUT2D eigenvalue weighted by molar-refractivity contribution is -0.117. The second-order valence-corrected chi connectivity index (χ2v) is 4.25. The summed E-state index contributed by atoms with van der Waals surface area (Å²) in [6.07, 6.45) is 3.54. The molecule has 0 bridgehead atoms. The Morgan fingerprint density at radius 1 is 1.28 bits per heavy atom. The summed E-state index contributed by atoms with van der Waals surface area (Å²) in [5, 5.41) is 2.87. The molecule has 0 radical (unpaired) electrons. The second kappa shape index (κ2) is 8.95. The number of rotatable bonds is 6. The van der Waals surface area contributed by atoms with Crippen LogP contribution < -0.4 is 10.2 Å². The van der Waals surface area contributed by atoms with Gasteiger partial charge in [0.25, 0.3) is 0 Å². The fraction of sp³-hybridized carbons (Fsp3) is 0.500. The van der Waals surface area contributed by atoms with E-state index in [1.54, 1.807) is 19.0 Å². The Balaban J connectivity index is 0.00000289. The fourth-order valence-corrected chi connectivity index (χ4v) is 1.68. The second-order valence-electron chi connectivity index (χ2n) is 4.25. The van der Waals surface area contributed by atoms with E-state index in [1.807, 2.05) is 12.1 Å². The highest BCUT2D eigenvalue weighted by Gasteiger charge is 2.08. The minimum Gasteiger partial charge on any atom is -0.314 e. The van der Waals surface area contributed by atoms with Gasteiger partial charge >= 0.3 is 0 Å². The van der Waals surface area contributed by atoms with Gasteiger partial charge in [-0.2, -0.15) is 0 Å². The van der Waals surface area contributed by atoms with Crippen molar-refractivity contribution in [3.8, 4) is 0 Å². The summed E-state index contributed by atoms with van der Waals surface area (Å²) in [5.41, 5.74) is 2.29. The number of carbonyl (C=O) groups is 1. The van der Waals surface area contributed by atoms with Crippen LogP contribution in [0.4, 0.5) is 5.69 Å². The van der Waals surface area contributed by atoms with E-state index >= 15 is 0 Å². The number of hydrogen-bond donors (Lipinski definition) is 1. The van der Waals surface area contributed by atoms with Crippen molar-refractivity contribution in [1.82, 2.24) is 5.32 Å². The number of nitrogens with zero attached hydrogens (tertiary/aromatic N) is 1. The summed E-state index contributed by atoms with van der Waals surface area (Å²) in [6, 6.07) is 8.24. The molecular formula is C14H23ClN2O. The molecule has 0 atom stereocenters. The number of unbranched alkanes of at least 4 members (excludes halogenated alkanes) is 1. The number of nitrogens with one attached hydrogen (secondary N) is 1. The van der Waals surface area contributed by atoms with Crippen LogP contribution in [0.3, 0.4) is 0 Å². The van der Waals surface area contributed by atoms with Crippen LogP contribution >= 0.6 is 12.4 Å². The van der Waals surface area contributed by atoms with E-state index in [0.29, 0.717) is 6.54 Å². The standard InChI is InChI=1S/C14H22N2O.ClH/c1-4-5-6-12-7-9-13(10-8-12)16(3)14(17)11-15-2;/h7-10,15H,4-6,11H2,1-3H3;1H. The first-order chi connectivity index (χ1) is 8.19. The van der Waals surface area contributed by atoms with Gasteiger partial charge in [-0.1, -0.05) is 25.5 Å². The minimum atomic E-state index is 0. The van der Waals surface area contributed by atoms with Crippen LogP contribution in [-0.2, 0) is 11.2 Å². The minimum absolute atomic E-state index is 0. The van der Waals surface area contributed by atoms with Gasteiger partial charge in [0.15, 0.2) is 0 Å². The van der Waals surface area contributed by atoms with E-state index in [-0.39, 0.29) is 18.3 Å². The van der Waals surface area contributed by atoms with Crippen molar-refractivity contribution < 1.29 is 4.79 Å². The number of benzene rings is 1. The Morgan fingerprint density at radius 3 is 2.39 bits per heavy atom. The van der Waals surface area contributed by atoms with Gasteiger partial charge in [-0.25, -0.2) is 0 Å². The molecule has 0 fully saturated rings. The van der Waals surface area contributed by atoms with Gasteiger partial charge in [0.05, 0.1) is 6.54 Å². The van der Waals surface area contributed by atoms with Gasteiger partial charge in [0.1, 0.15) is 0 Å². The molecule has 1 N–H and O–H groups in total. The van der Waals surface area contributed by atoms with Gasteiger partial charge in [-0.3, -0.25) is 4.79 Å². The van der Waals surface area contributed by atoms with Crippen molar-refractivity contribution >= 4 is 24.0 Å². The van der Waals surface area contributed by atoms with Gasteiger partial charge in [0.2, 0.25) is 5.91 Å². The zero-order valence-electron chi connectivity index (χ0n) is 11.4. The average molecular weight is 271 g/mol. The third-order valence-corrected chi connectivity index (χ3v) is 2.84. The van der Waals surface area contributed by atoms with E-state index in [9.17, 15) is 4.79 Å². The van der Waals surface area contributed by atoms with Crippen LogP contribution in [0.15, 0.2) is 24.3 Å². The number of hydrogen-bond acceptors (Lipinski definition) is 2. The number of amides is 1. The maximum absolute atomic E-state index is 11.7. The highest BCUT2D eigenvalue weighted by Crippen LogP contribution is 2.15. The molecule has 1 rings (SSSR count). The van der Waals surface area contributed by atoms with E-state index < -0.39 is 0 Å². The zero-order valence-corrected chi connectivity index (χ0v) is 12.2. The van der Waals surface area contributed by atoms with Crippen LogP contribution in [0, 0.1) is 0 Å². The van der Waals surface area contributed by atoms with E-state index in [1.165, 1.54) is 18.4 Å². The zero-order chi connectivity index (χ0) is 12.7. The Hall–Kier alpha value is -1.06. The van der Waals surface area contributed by atoms with Crippen molar-refractivity contribution in [1.29, 1.82) is 0 Å². The van der Waals surface area contributed by atoms with Crippen LogP contribution in [0.5, 0.6) is 0 Å². The lowest BCUT2D eigenvalue weighted by atomic mass is 10.1. The molecule has 0 aliphatic carbocycles. The summed E-state index contributed by atoms with van der Waals surface area (Å²) in [4.78, 5) is 13.3. The van der Waals surface area contributed by atoms with Gasteiger partial charge < -0.3 is 10.2 Å². The third-order valence-electron chi connectivity index (χ3n) is 2.84. The predicted octanol–water partition coefficient (Wildman–Crippen LogP) is 2.63. The normalized spacial score (nSPS) is 9.72. The summed E-state index contributed by atoms with van der Waals surface area (Å²) in [5.74, 6) is 0.0776. The molecule has 0 spiro atoms. The van der Waals surface area contributed by atoms with Gasteiger partial charge in [0, 0.05) is 12.7 Å². The molecule has 0 aromatic heterocycles. The first-order valence-electron chi connectivity index (χ1n) is 6.19. The largest absolute Gasteiger partial charge is 0.314 e. The lowest BCUT2D eigenvalue weighted by Gasteiger charge is -2.17. The van der Waals surface area contributed by atoms with Crippen LogP contribution in [0.2, 0.25) is 0 Å². The number of aryl methyl sites for hydroxylation is 1. The Morgan fingerprint density at radius 2 is 1.89 bits per heavy atom. The Labute approximate surface area is 116 Å².